The van der Waals surface area contributed by atoms with Crippen LogP contribution in [0.2, 0.25) is 0 Å². The van der Waals surface area contributed by atoms with Crippen LogP contribution in [-0.4, -0.2) is 9.55 Å². The Hall–Kier alpha value is -2.07. The first-order chi connectivity index (χ1) is 8.92. The molecule has 0 spiro atoms. The predicted molar refractivity (Wildman–Crippen MR) is 75.2 cm³/mol. The highest BCUT2D eigenvalue weighted by molar-refractivity contribution is 7.08. The molecule has 2 heterocycles. The molecule has 4 heteroatoms. The maximum absolute atomic E-state index is 4.04. The Labute approximate surface area is 110 Å². The molecule has 2 aromatic heterocycles. The maximum Gasteiger partial charge on any atom is 0.0991 e. The average molecular weight is 255 g/mol. The molecule has 3 rings (SSSR count). The van der Waals surface area contributed by atoms with Gasteiger partial charge in [-0.1, -0.05) is 12.1 Å². The van der Waals surface area contributed by atoms with Crippen LogP contribution in [0, 0.1) is 0 Å². The number of aromatic nitrogens is 2. The largest absolute Gasteiger partial charge is 0.380 e. The third-order valence-electron chi connectivity index (χ3n) is 2.76. The zero-order chi connectivity index (χ0) is 12.2. The first kappa shape index (κ1) is 11.0. The van der Waals surface area contributed by atoms with Crippen molar-refractivity contribution >= 4 is 17.0 Å². The SMILES string of the molecule is c1cn(-c2ccc(CNc3ccsc3)cc2)cn1. The third-order valence-corrected chi connectivity index (χ3v) is 3.44. The molecule has 90 valence electrons. The average Bonchev–Trinajstić information content (AvgIpc) is 3.10. The van der Waals surface area contributed by atoms with Gasteiger partial charge in [-0.15, -0.1) is 0 Å². The molecule has 0 radical (unpaired) electrons. The van der Waals surface area contributed by atoms with Crippen molar-refractivity contribution in [1.29, 1.82) is 0 Å². The van der Waals surface area contributed by atoms with E-state index in [1.807, 2.05) is 10.8 Å². The molecule has 18 heavy (non-hydrogen) atoms. The van der Waals surface area contributed by atoms with Gasteiger partial charge >= 0.3 is 0 Å². The van der Waals surface area contributed by atoms with Crippen molar-refractivity contribution in [2.24, 2.45) is 0 Å². The minimum absolute atomic E-state index is 0.848. The Bertz CT molecular complexity index is 583. The molecule has 0 aliphatic rings. The summed E-state index contributed by atoms with van der Waals surface area (Å²) in [5, 5.41) is 7.57. The number of nitrogens with zero attached hydrogens (tertiary/aromatic N) is 2. The maximum atomic E-state index is 4.04. The lowest BCUT2D eigenvalue weighted by Gasteiger charge is -2.06. The van der Waals surface area contributed by atoms with Crippen LogP contribution in [0.1, 0.15) is 5.56 Å². The number of hydrogen-bond donors (Lipinski definition) is 1. The second-order valence-corrected chi connectivity index (χ2v) is 4.78. The van der Waals surface area contributed by atoms with E-state index in [-0.39, 0.29) is 0 Å². The molecule has 0 amide bonds. The van der Waals surface area contributed by atoms with Crippen molar-refractivity contribution in [1.82, 2.24) is 9.55 Å². The molecule has 1 N–H and O–H groups in total. The van der Waals surface area contributed by atoms with Crippen molar-refractivity contribution in [3.8, 4) is 5.69 Å². The molecule has 3 nitrogen and oxygen atoms in total. The fraction of sp³-hybridized carbons (Fsp3) is 0.0714. The number of thiophene rings is 1. The molecule has 0 saturated carbocycles. The fourth-order valence-electron chi connectivity index (χ4n) is 1.77. The molecular weight excluding hydrogens is 242 g/mol. The molecule has 0 bridgehead atoms. The third kappa shape index (κ3) is 2.43. The zero-order valence-electron chi connectivity index (χ0n) is 9.78. The number of hydrogen-bond acceptors (Lipinski definition) is 3. The van der Waals surface area contributed by atoms with Gasteiger partial charge in [-0.2, -0.15) is 11.3 Å². The van der Waals surface area contributed by atoms with Gasteiger partial charge in [-0.3, -0.25) is 0 Å². The van der Waals surface area contributed by atoms with Gasteiger partial charge in [0.1, 0.15) is 0 Å². The van der Waals surface area contributed by atoms with Gasteiger partial charge in [-0.05, 0) is 29.1 Å². The summed E-state index contributed by atoms with van der Waals surface area (Å²) >= 11 is 1.70. The second kappa shape index (κ2) is 5.06. The smallest absolute Gasteiger partial charge is 0.0991 e. The number of rotatable bonds is 4. The Kier molecular flexibility index (Phi) is 3.10. The number of nitrogens with one attached hydrogen (secondary N) is 1. The van der Waals surface area contributed by atoms with Gasteiger partial charge in [0, 0.05) is 35.7 Å². The normalized spacial score (nSPS) is 10.4. The van der Waals surface area contributed by atoms with Gasteiger partial charge in [0.25, 0.3) is 0 Å². The summed E-state index contributed by atoms with van der Waals surface area (Å²) in [7, 11) is 0. The minimum Gasteiger partial charge on any atom is -0.380 e. The highest BCUT2D eigenvalue weighted by Gasteiger charge is 1.97. The van der Waals surface area contributed by atoms with Crippen molar-refractivity contribution < 1.29 is 0 Å². The molecule has 0 aliphatic carbocycles. The molecule has 0 unspecified atom stereocenters. The molecule has 3 aromatic rings. The van der Waals surface area contributed by atoms with E-state index in [0.717, 1.165) is 12.2 Å². The summed E-state index contributed by atoms with van der Waals surface area (Å²) in [5.74, 6) is 0. The summed E-state index contributed by atoms with van der Waals surface area (Å²) in [4.78, 5) is 4.04. The van der Waals surface area contributed by atoms with E-state index in [0.29, 0.717) is 0 Å². The summed E-state index contributed by atoms with van der Waals surface area (Å²) < 4.78 is 2.00. The van der Waals surface area contributed by atoms with E-state index in [1.165, 1.54) is 11.3 Å². The number of benzene rings is 1. The lowest BCUT2D eigenvalue weighted by atomic mass is 10.2. The van der Waals surface area contributed by atoms with Gasteiger partial charge < -0.3 is 9.88 Å². The van der Waals surface area contributed by atoms with Crippen molar-refractivity contribution in [3.05, 3.63) is 65.4 Å². The minimum atomic E-state index is 0.848. The van der Waals surface area contributed by atoms with Gasteiger partial charge in [0.05, 0.1) is 6.33 Å². The van der Waals surface area contributed by atoms with E-state index < -0.39 is 0 Å². The van der Waals surface area contributed by atoms with Crippen LogP contribution in [0.5, 0.6) is 0 Å². The summed E-state index contributed by atoms with van der Waals surface area (Å²) in [6, 6.07) is 10.6. The van der Waals surface area contributed by atoms with Crippen LogP contribution in [0.25, 0.3) is 5.69 Å². The van der Waals surface area contributed by atoms with Crippen LogP contribution >= 0.6 is 11.3 Å². The fourth-order valence-corrected chi connectivity index (χ4v) is 2.38. The quantitative estimate of drug-likeness (QED) is 0.772. The van der Waals surface area contributed by atoms with E-state index in [1.54, 1.807) is 23.9 Å². The van der Waals surface area contributed by atoms with Crippen molar-refractivity contribution in [3.63, 3.8) is 0 Å². The van der Waals surface area contributed by atoms with Crippen LogP contribution < -0.4 is 5.32 Å². The van der Waals surface area contributed by atoms with E-state index >= 15 is 0 Å². The first-order valence-corrected chi connectivity index (χ1v) is 6.69. The highest BCUT2D eigenvalue weighted by Crippen LogP contribution is 2.14. The van der Waals surface area contributed by atoms with Gasteiger partial charge in [0.15, 0.2) is 0 Å². The lowest BCUT2D eigenvalue weighted by Crippen LogP contribution is -1.98. The molecule has 1 aromatic carbocycles. The van der Waals surface area contributed by atoms with E-state index in [9.17, 15) is 0 Å². The first-order valence-electron chi connectivity index (χ1n) is 5.75. The standard InChI is InChI=1S/C14H13N3S/c1-3-14(17-7-6-15-11-17)4-2-12(1)9-16-13-5-8-18-10-13/h1-8,10-11,16H,9H2. The van der Waals surface area contributed by atoms with Gasteiger partial charge in [0.2, 0.25) is 0 Å². The molecule has 0 atom stereocenters. The van der Waals surface area contributed by atoms with Crippen LogP contribution in [-0.2, 0) is 6.54 Å². The van der Waals surface area contributed by atoms with Crippen molar-refractivity contribution in [2.75, 3.05) is 5.32 Å². The summed E-state index contributed by atoms with van der Waals surface area (Å²) in [6.45, 7) is 0.848. The van der Waals surface area contributed by atoms with E-state index in [4.69, 9.17) is 0 Å². The van der Waals surface area contributed by atoms with Crippen LogP contribution in [0.15, 0.2) is 59.8 Å². The van der Waals surface area contributed by atoms with Gasteiger partial charge in [-0.25, -0.2) is 4.98 Å². The monoisotopic (exact) mass is 255 g/mol. The number of anilines is 1. The Morgan fingerprint density at radius 2 is 2.06 bits per heavy atom. The molecule has 0 fully saturated rings. The Morgan fingerprint density at radius 1 is 1.17 bits per heavy atom. The summed E-state index contributed by atoms with van der Waals surface area (Å²) in [6.07, 6.45) is 5.53. The summed E-state index contributed by atoms with van der Waals surface area (Å²) in [5.41, 5.74) is 3.58. The zero-order valence-corrected chi connectivity index (χ0v) is 10.6. The Balaban J connectivity index is 1.68. The Morgan fingerprint density at radius 3 is 2.72 bits per heavy atom. The van der Waals surface area contributed by atoms with Crippen LogP contribution in [0.3, 0.4) is 0 Å². The second-order valence-electron chi connectivity index (χ2n) is 4.00. The lowest BCUT2D eigenvalue weighted by molar-refractivity contribution is 1.05. The van der Waals surface area contributed by atoms with Crippen LogP contribution in [0.4, 0.5) is 5.69 Å². The number of imidazole rings is 1. The molecule has 0 saturated heterocycles. The van der Waals surface area contributed by atoms with E-state index in [2.05, 4.69) is 51.4 Å². The van der Waals surface area contributed by atoms with Crippen molar-refractivity contribution in [2.45, 2.75) is 6.54 Å². The molecule has 0 aliphatic heterocycles. The predicted octanol–water partition coefficient (Wildman–Crippen LogP) is 3.55. The topological polar surface area (TPSA) is 29.9 Å². The molecular formula is C14H13N3S. The highest BCUT2D eigenvalue weighted by atomic mass is 32.1.